The van der Waals surface area contributed by atoms with Crippen LogP contribution in [0.1, 0.15) is 13.8 Å². The van der Waals surface area contributed by atoms with Gasteiger partial charge >= 0.3 is 0 Å². The fourth-order valence-corrected chi connectivity index (χ4v) is 1.82. The normalized spacial score (nSPS) is 10.4. The Morgan fingerprint density at radius 3 is 2.18 bits per heavy atom. The molecule has 0 aliphatic carbocycles. The van der Waals surface area contributed by atoms with Crippen molar-refractivity contribution in [1.29, 1.82) is 0 Å². The first kappa shape index (κ1) is 15.8. The van der Waals surface area contributed by atoms with Crippen molar-refractivity contribution in [3.8, 4) is 0 Å². The van der Waals surface area contributed by atoms with Gasteiger partial charge in [-0.25, -0.2) is 4.98 Å². The number of nitrogens with zero attached hydrogens (tertiary/aromatic N) is 2. The molecule has 5 heteroatoms. The molecule has 1 heterocycles. The van der Waals surface area contributed by atoms with Crippen LogP contribution < -0.4 is 15.5 Å². The number of aromatic nitrogens is 1. The first-order valence-corrected chi connectivity index (χ1v) is 7.27. The summed E-state index contributed by atoms with van der Waals surface area (Å²) in [6.07, 6.45) is 1.65. The summed E-state index contributed by atoms with van der Waals surface area (Å²) >= 11 is 0. The lowest BCUT2D eigenvalue weighted by Crippen LogP contribution is -2.17. The highest BCUT2D eigenvalue weighted by atomic mass is 16.1. The molecular formula is C17H22N4O. The third-order valence-corrected chi connectivity index (χ3v) is 3.21. The molecule has 0 saturated carbocycles. The molecule has 1 aromatic carbocycles. The van der Waals surface area contributed by atoms with Crippen molar-refractivity contribution in [2.24, 2.45) is 5.92 Å². The van der Waals surface area contributed by atoms with Gasteiger partial charge in [-0.1, -0.05) is 13.8 Å². The molecule has 116 valence electrons. The van der Waals surface area contributed by atoms with Crippen LogP contribution in [-0.2, 0) is 4.79 Å². The van der Waals surface area contributed by atoms with Gasteiger partial charge in [-0.2, -0.15) is 0 Å². The summed E-state index contributed by atoms with van der Waals surface area (Å²) in [6, 6.07) is 11.8. The summed E-state index contributed by atoms with van der Waals surface area (Å²) < 4.78 is 0. The molecule has 22 heavy (non-hydrogen) atoms. The molecule has 5 nitrogen and oxygen atoms in total. The van der Waals surface area contributed by atoms with Crippen molar-refractivity contribution in [1.82, 2.24) is 4.98 Å². The van der Waals surface area contributed by atoms with E-state index in [4.69, 9.17) is 0 Å². The largest absolute Gasteiger partial charge is 0.378 e. The van der Waals surface area contributed by atoms with E-state index in [0.29, 0.717) is 5.69 Å². The molecule has 1 amide bonds. The molecule has 2 aromatic rings. The van der Waals surface area contributed by atoms with Crippen LogP contribution in [0.5, 0.6) is 0 Å². The van der Waals surface area contributed by atoms with Crippen molar-refractivity contribution in [2.45, 2.75) is 13.8 Å². The fourth-order valence-electron chi connectivity index (χ4n) is 1.82. The number of rotatable bonds is 5. The van der Waals surface area contributed by atoms with E-state index in [1.54, 1.807) is 6.20 Å². The predicted octanol–water partition coefficient (Wildman–Crippen LogP) is 3.49. The summed E-state index contributed by atoms with van der Waals surface area (Å²) in [6.45, 7) is 3.71. The fraction of sp³-hybridized carbons (Fsp3) is 0.294. The Kier molecular flexibility index (Phi) is 4.99. The van der Waals surface area contributed by atoms with Gasteiger partial charge in [0.2, 0.25) is 5.91 Å². The molecule has 2 rings (SSSR count). The lowest BCUT2D eigenvalue weighted by atomic mass is 10.2. The van der Waals surface area contributed by atoms with Crippen LogP contribution in [0.25, 0.3) is 0 Å². The summed E-state index contributed by atoms with van der Waals surface area (Å²) in [4.78, 5) is 18.0. The second-order valence-corrected chi connectivity index (χ2v) is 5.64. The van der Waals surface area contributed by atoms with Gasteiger partial charge in [0.1, 0.15) is 5.82 Å². The van der Waals surface area contributed by atoms with E-state index in [1.165, 1.54) is 0 Å². The Bertz CT molecular complexity index is 618. The van der Waals surface area contributed by atoms with Crippen LogP contribution in [0.2, 0.25) is 0 Å². The molecule has 0 fully saturated rings. The van der Waals surface area contributed by atoms with Crippen molar-refractivity contribution in [3.05, 3.63) is 42.6 Å². The summed E-state index contributed by atoms with van der Waals surface area (Å²) in [5, 5.41) is 6.05. The highest BCUT2D eigenvalue weighted by Crippen LogP contribution is 2.19. The van der Waals surface area contributed by atoms with E-state index < -0.39 is 0 Å². The lowest BCUT2D eigenvalue weighted by Gasteiger charge is -2.13. The minimum absolute atomic E-state index is 0.0122. The third kappa shape index (κ3) is 4.22. The average molecular weight is 298 g/mol. The number of nitrogens with one attached hydrogen (secondary N) is 2. The van der Waals surface area contributed by atoms with Gasteiger partial charge in [0.15, 0.2) is 0 Å². The molecule has 1 aromatic heterocycles. The number of carbonyl (C=O) groups is 1. The van der Waals surface area contributed by atoms with Crippen LogP contribution in [0.4, 0.5) is 22.9 Å². The zero-order chi connectivity index (χ0) is 16.1. The number of anilines is 4. The highest BCUT2D eigenvalue weighted by molar-refractivity contribution is 5.91. The quantitative estimate of drug-likeness (QED) is 0.887. The van der Waals surface area contributed by atoms with Crippen molar-refractivity contribution in [3.63, 3.8) is 0 Å². The van der Waals surface area contributed by atoms with E-state index in [9.17, 15) is 4.79 Å². The zero-order valence-electron chi connectivity index (χ0n) is 13.4. The maximum absolute atomic E-state index is 11.6. The Morgan fingerprint density at radius 1 is 1.05 bits per heavy atom. The minimum Gasteiger partial charge on any atom is -0.378 e. The number of hydrogen-bond donors (Lipinski definition) is 2. The first-order valence-electron chi connectivity index (χ1n) is 7.27. The number of hydrogen-bond acceptors (Lipinski definition) is 4. The molecule has 0 bridgehead atoms. The molecule has 0 aliphatic heterocycles. The zero-order valence-corrected chi connectivity index (χ0v) is 13.4. The molecule has 0 unspecified atom stereocenters. The number of carbonyl (C=O) groups excluding carboxylic acids is 1. The molecule has 0 aliphatic rings. The molecule has 0 spiro atoms. The van der Waals surface area contributed by atoms with Gasteiger partial charge in [0.25, 0.3) is 0 Å². The molecule has 0 saturated heterocycles. The monoisotopic (exact) mass is 298 g/mol. The van der Waals surface area contributed by atoms with E-state index >= 15 is 0 Å². The maximum Gasteiger partial charge on any atom is 0.226 e. The Balaban J connectivity index is 2.00. The molecular weight excluding hydrogens is 276 g/mol. The van der Waals surface area contributed by atoms with Crippen LogP contribution in [0, 0.1) is 5.92 Å². The standard InChI is InChI=1S/C17H22N4O/c1-12(2)17(22)20-14-7-10-16(18-11-14)19-13-5-8-15(9-6-13)21(3)4/h5-12H,1-4H3,(H,18,19)(H,20,22). The van der Waals surface area contributed by atoms with Crippen LogP contribution in [-0.4, -0.2) is 25.0 Å². The van der Waals surface area contributed by atoms with Gasteiger partial charge in [0, 0.05) is 31.4 Å². The van der Waals surface area contributed by atoms with Gasteiger partial charge in [-0.15, -0.1) is 0 Å². The van der Waals surface area contributed by atoms with Crippen LogP contribution >= 0.6 is 0 Å². The van der Waals surface area contributed by atoms with Crippen molar-refractivity contribution in [2.75, 3.05) is 29.6 Å². The van der Waals surface area contributed by atoms with E-state index in [1.807, 2.05) is 69.2 Å². The van der Waals surface area contributed by atoms with Gasteiger partial charge in [-0.05, 0) is 36.4 Å². The second kappa shape index (κ2) is 6.93. The van der Waals surface area contributed by atoms with Gasteiger partial charge in [0.05, 0.1) is 11.9 Å². The minimum atomic E-state index is -0.0481. The lowest BCUT2D eigenvalue weighted by molar-refractivity contribution is -0.118. The van der Waals surface area contributed by atoms with E-state index in [-0.39, 0.29) is 11.8 Å². The first-order chi connectivity index (χ1) is 10.5. The number of amides is 1. The number of pyridine rings is 1. The average Bonchev–Trinajstić information content (AvgIpc) is 2.49. The summed E-state index contributed by atoms with van der Waals surface area (Å²) in [7, 11) is 4.02. The van der Waals surface area contributed by atoms with Crippen molar-refractivity contribution >= 4 is 28.8 Å². The van der Waals surface area contributed by atoms with Crippen LogP contribution in [0.15, 0.2) is 42.6 Å². The second-order valence-electron chi connectivity index (χ2n) is 5.64. The summed E-state index contributed by atoms with van der Waals surface area (Å²) in [5.41, 5.74) is 2.81. The van der Waals surface area contributed by atoms with Crippen molar-refractivity contribution < 1.29 is 4.79 Å². The molecule has 2 N–H and O–H groups in total. The number of benzene rings is 1. The topological polar surface area (TPSA) is 57.3 Å². The van der Waals surface area contributed by atoms with Crippen LogP contribution in [0.3, 0.4) is 0 Å². The van der Waals surface area contributed by atoms with E-state index in [0.717, 1.165) is 17.2 Å². The highest BCUT2D eigenvalue weighted by Gasteiger charge is 2.07. The van der Waals surface area contributed by atoms with Gasteiger partial charge in [-0.3, -0.25) is 4.79 Å². The smallest absolute Gasteiger partial charge is 0.226 e. The predicted molar refractivity (Wildman–Crippen MR) is 91.8 cm³/mol. The third-order valence-electron chi connectivity index (χ3n) is 3.21. The molecule has 0 radical (unpaired) electrons. The van der Waals surface area contributed by atoms with E-state index in [2.05, 4.69) is 15.6 Å². The Labute approximate surface area is 131 Å². The Morgan fingerprint density at radius 2 is 1.68 bits per heavy atom. The summed E-state index contributed by atoms with van der Waals surface area (Å²) in [5.74, 6) is 0.676. The van der Waals surface area contributed by atoms with Gasteiger partial charge < -0.3 is 15.5 Å². The SMILES string of the molecule is CC(C)C(=O)Nc1ccc(Nc2ccc(N(C)C)cc2)nc1. The Hall–Kier alpha value is -2.56. The molecule has 0 atom stereocenters. The maximum atomic E-state index is 11.6.